The van der Waals surface area contributed by atoms with Gasteiger partial charge in [0.2, 0.25) is 0 Å². The molecule has 1 aromatic rings. The molecule has 0 aliphatic rings. The smallest absolute Gasteiger partial charge is 0.119 e. The molecular formula is C18H29ClO2. The van der Waals surface area contributed by atoms with E-state index >= 15 is 0 Å². The zero-order chi connectivity index (χ0) is 15.3. The Morgan fingerprint density at radius 2 is 1.52 bits per heavy atom. The predicted octanol–water partition coefficient (Wildman–Crippen LogP) is 5.61. The van der Waals surface area contributed by atoms with Crippen molar-refractivity contribution in [3.05, 3.63) is 29.3 Å². The van der Waals surface area contributed by atoms with Gasteiger partial charge in [-0.25, -0.2) is 0 Å². The molecule has 0 bridgehead atoms. The van der Waals surface area contributed by atoms with Crippen molar-refractivity contribution in [2.75, 3.05) is 6.61 Å². The Bertz CT molecular complexity index is 351. The van der Waals surface area contributed by atoms with E-state index in [0.29, 0.717) is 11.6 Å². The maximum Gasteiger partial charge on any atom is 0.119 e. The number of aliphatic hydroxyl groups is 1. The first-order valence-electron chi connectivity index (χ1n) is 8.28. The average Bonchev–Trinajstić information content (AvgIpc) is 2.49. The van der Waals surface area contributed by atoms with Crippen LogP contribution in [0.3, 0.4) is 0 Å². The Hall–Kier alpha value is -0.730. The van der Waals surface area contributed by atoms with Gasteiger partial charge in [0.25, 0.3) is 0 Å². The molecule has 0 aliphatic carbocycles. The summed E-state index contributed by atoms with van der Waals surface area (Å²) in [6.45, 7) is 2.60. The molecule has 1 unspecified atom stereocenters. The van der Waals surface area contributed by atoms with Crippen molar-refractivity contribution in [2.24, 2.45) is 0 Å². The highest BCUT2D eigenvalue weighted by Crippen LogP contribution is 2.16. The van der Waals surface area contributed by atoms with Crippen molar-refractivity contribution in [1.82, 2.24) is 0 Å². The summed E-state index contributed by atoms with van der Waals surface area (Å²) < 4.78 is 5.54. The normalized spacial score (nSPS) is 12.3. The highest BCUT2D eigenvalue weighted by Gasteiger charge is 2.05. The highest BCUT2D eigenvalue weighted by atomic mass is 35.5. The van der Waals surface area contributed by atoms with Crippen LogP contribution in [0.4, 0.5) is 0 Å². The third-order valence-corrected chi connectivity index (χ3v) is 3.90. The summed E-state index contributed by atoms with van der Waals surface area (Å²) in [4.78, 5) is 0. The van der Waals surface area contributed by atoms with Crippen molar-refractivity contribution in [1.29, 1.82) is 0 Å². The van der Waals surface area contributed by atoms with Crippen LogP contribution in [-0.4, -0.2) is 17.8 Å². The first-order valence-corrected chi connectivity index (χ1v) is 8.66. The first kappa shape index (κ1) is 18.3. The molecule has 0 aromatic heterocycles. The van der Waals surface area contributed by atoms with Gasteiger partial charge in [-0.3, -0.25) is 0 Å². The SMILES string of the molecule is CCCCCCCCCCC(O)COc1ccc(Cl)cc1. The van der Waals surface area contributed by atoms with Gasteiger partial charge in [0.15, 0.2) is 0 Å². The van der Waals surface area contributed by atoms with Gasteiger partial charge >= 0.3 is 0 Å². The van der Waals surface area contributed by atoms with Crippen LogP contribution in [0.5, 0.6) is 5.75 Å². The van der Waals surface area contributed by atoms with Crippen molar-refractivity contribution in [3.63, 3.8) is 0 Å². The second kappa shape index (κ2) is 11.9. The third-order valence-electron chi connectivity index (χ3n) is 3.65. The van der Waals surface area contributed by atoms with Gasteiger partial charge < -0.3 is 9.84 Å². The Morgan fingerprint density at radius 1 is 0.952 bits per heavy atom. The summed E-state index contributed by atoms with van der Waals surface area (Å²) in [5.74, 6) is 0.759. The summed E-state index contributed by atoms with van der Waals surface area (Å²) in [7, 11) is 0. The molecule has 2 nitrogen and oxygen atoms in total. The second-order valence-electron chi connectivity index (χ2n) is 5.68. The van der Waals surface area contributed by atoms with Crippen LogP contribution in [-0.2, 0) is 0 Å². The third kappa shape index (κ3) is 9.76. The minimum Gasteiger partial charge on any atom is -0.491 e. The molecule has 120 valence electrons. The molecule has 0 spiro atoms. The van der Waals surface area contributed by atoms with E-state index in [9.17, 15) is 5.11 Å². The molecule has 0 radical (unpaired) electrons. The fourth-order valence-electron chi connectivity index (χ4n) is 2.32. The summed E-state index contributed by atoms with van der Waals surface area (Å²) in [5, 5.41) is 10.6. The number of benzene rings is 1. The van der Waals surface area contributed by atoms with Crippen molar-refractivity contribution >= 4 is 11.6 Å². The molecule has 1 N–H and O–H groups in total. The van der Waals surface area contributed by atoms with Crippen LogP contribution in [0.2, 0.25) is 5.02 Å². The lowest BCUT2D eigenvalue weighted by Crippen LogP contribution is -2.17. The molecule has 0 heterocycles. The standard InChI is InChI=1S/C18H29ClO2/c1-2-3-4-5-6-7-8-9-10-17(20)15-21-18-13-11-16(19)12-14-18/h11-14,17,20H,2-10,15H2,1H3. The summed E-state index contributed by atoms with van der Waals surface area (Å²) in [5.41, 5.74) is 0. The number of hydrogen-bond donors (Lipinski definition) is 1. The maximum absolute atomic E-state index is 9.89. The van der Waals surface area contributed by atoms with E-state index in [1.54, 1.807) is 12.1 Å². The van der Waals surface area contributed by atoms with Crippen LogP contribution in [0, 0.1) is 0 Å². The highest BCUT2D eigenvalue weighted by molar-refractivity contribution is 6.30. The zero-order valence-corrected chi connectivity index (χ0v) is 13.9. The largest absolute Gasteiger partial charge is 0.491 e. The Balaban J connectivity index is 1.96. The van der Waals surface area contributed by atoms with Crippen molar-refractivity contribution in [3.8, 4) is 5.75 Å². The lowest BCUT2D eigenvalue weighted by molar-refractivity contribution is 0.0975. The molecule has 1 rings (SSSR count). The van der Waals surface area contributed by atoms with Gasteiger partial charge in [-0.05, 0) is 30.7 Å². The Morgan fingerprint density at radius 3 is 2.14 bits per heavy atom. The van der Waals surface area contributed by atoms with Gasteiger partial charge in [-0.1, -0.05) is 69.9 Å². The molecule has 0 saturated carbocycles. The van der Waals surface area contributed by atoms with E-state index in [-0.39, 0.29) is 6.10 Å². The van der Waals surface area contributed by atoms with E-state index in [0.717, 1.165) is 18.6 Å². The van der Waals surface area contributed by atoms with Gasteiger partial charge in [0, 0.05) is 5.02 Å². The summed E-state index contributed by atoms with van der Waals surface area (Å²) in [6.07, 6.45) is 10.8. The molecule has 0 aliphatic heterocycles. The molecule has 0 saturated heterocycles. The number of rotatable bonds is 12. The monoisotopic (exact) mass is 312 g/mol. The molecule has 21 heavy (non-hydrogen) atoms. The number of hydrogen-bond acceptors (Lipinski definition) is 2. The quantitative estimate of drug-likeness (QED) is 0.508. The van der Waals surface area contributed by atoms with Crippen LogP contribution in [0.15, 0.2) is 24.3 Å². The fourth-order valence-corrected chi connectivity index (χ4v) is 2.45. The molecular weight excluding hydrogens is 284 g/mol. The predicted molar refractivity (Wildman–Crippen MR) is 90.2 cm³/mol. The van der Waals surface area contributed by atoms with Gasteiger partial charge in [0.1, 0.15) is 12.4 Å². The minimum atomic E-state index is -0.374. The van der Waals surface area contributed by atoms with Gasteiger partial charge in [0.05, 0.1) is 6.10 Å². The number of unbranched alkanes of at least 4 members (excludes halogenated alkanes) is 7. The fraction of sp³-hybridized carbons (Fsp3) is 0.667. The van der Waals surface area contributed by atoms with E-state index in [1.807, 2.05) is 12.1 Å². The second-order valence-corrected chi connectivity index (χ2v) is 6.12. The topological polar surface area (TPSA) is 29.5 Å². The molecule has 3 heteroatoms. The molecule has 0 fully saturated rings. The molecule has 1 atom stereocenters. The van der Waals surface area contributed by atoms with Gasteiger partial charge in [-0.2, -0.15) is 0 Å². The van der Waals surface area contributed by atoms with Crippen molar-refractivity contribution in [2.45, 2.75) is 70.8 Å². The number of aliphatic hydroxyl groups excluding tert-OH is 1. The van der Waals surface area contributed by atoms with Crippen LogP contribution >= 0.6 is 11.6 Å². The van der Waals surface area contributed by atoms with E-state index < -0.39 is 0 Å². The average molecular weight is 313 g/mol. The molecule has 0 amide bonds. The lowest BCUT2D eigenvalue weighted by Gasteiger charge is -2.12. The van der Waals surface area contributed by atoms with Crippen molar-refractivity contribution < 1.29 is 9.84 Å². The van der Waals surface area contributed by atoms with Gasteiger partial charge in [-0.15, -0.1) is 0 Å². The lowest BCUT2D eigenvalue weighted by atomic mass is 10.1. The first-order chi connectivity index (χ1) is 10.2. The summed E-state index contributed by atoms with van der Waals surface area (Å²) in [6, 6.07) is 7.24. The number of halogens is 1. The molecule has 1 aromatic carbocycles. The van der Waals surface area contributed by atoms with E-state index in [4.69, 9.17) is 16.3 Å². The van der Waals surface area contributed by atoms with E-state index in [2.05, 4.69) is 6.92 Å². The Kier molecular flexibility index (Phi) is 10.4. The maximum atomic E-state index is 9.89. The zero-order valence-electron chi connectivity index (χ0n) is 13.2. The Labute approximate surface area is 134 Å². The van der Waals surface area contributed by atoms with Crippen LogP contribution in [0.1, 0.15) is 64.7 Å². The summed E-state index contributed by atoms with van der Waals surface area (Å²) >= 11 is 5.81. The number of ether oxygens (including phenoxy) is 1. The minimum absolute atomic E-state index is 0.359. The van der Waals surface area contributed by atoms with Crippen LogP contribution < -0.4 is 4.74 Å². The van der Waals surface area contributed by atoms with Crippen LogP contribution in [0.25, 0.3) is 0 Å². The van der Waals surface area contributed by atoms with E-state index in [1.165, 1.54) is 44.9 Å².